The molecule has 0 fully saturated rings. The first-order chi connectivity index (χ1) is 35.0. The number of fused-ring (bicyclic) bond motifs is 5. The Morgan fingerprint density at radius 1 is 0.324 bits per heavy atom. The summed E-state index contributed by atoms with van der Waals surface area (Å²) >= 11 is 1.69. The van der Waals surface area contributed by atoms with Gasteiger partial charge in [0.1, 0.15) is 17.2 Å². The van der Waals surface area contributed by atoms with E-state index in [0.717, 1.165) is 93.8 Å². The van der Waals surface area contributed by atoms with Crippen molar-refractivity contribution in [1.29, 1.82) is 0 Å². The average molecular weight is 933 g/mol. The minimum Gasteiger partial charge on any atom is -0.477 e. The maximum atomic E-state index is 7.17. The third-order valence-electron chi connectivity index (χ3n) is 13.0. The summed E-state index contributed by atoms with van der Waals surface area (Å²) in [6, 6.07) is 75.9. The summed E-state index contributed by atoms with van der Waals surface area (Å²) in [5.74, 6) is 5.50. The lowest BCUT2D eigenvalue weighted by Gasteiger charge is -2.38. The van der Waals surface area contributed by atoms with Crippen LogP contribution in [-0.4, -0.2) is 29.9 Å². The molecule has 71 heavy (non-hydrogen) atoms. The van der Waals surface area contributed by atoms with Crippen LogP contribution in [0.3, 0.4) is 0 Å². The highest BCUT2D eigenvalue weighted by molar-refractivity contribution is 7.99. The normalized spacial score (nSPS) is 14.2. The molecule has 2 aliphatic rings. The van der Waals surface area contributed by atoms with Crippen LogP contribution >= 0.6 is 11.8 Å². The Hall–Kier alpha value is -9.05. The lowest BCUT2D eigenvalue weighted by Crippen LogP contribution is -2.34. The fraction of sp³-hybridized carbons (Fsp3) is 0.0323. The maximum Gasteiger partial charge on any atom is 0.164 e. The molecular formula is C62H40N6O2S. The van der Waals surface area contributed by atoms with E-state index in [1.807, 2.05) is 127 Å². The smallest absolute Gasteiger partial charge is 0.164 e. The number of nitrogens with zero attached hydrogens (tertiary/aromatic N) is 6. The van der Waals surface area contributed by atoms with Crippen molar-refractivity contribution in [3.05, 3.63) is 236 Å². The molecule has 1 unspecified atom stereocenters. The summed E-state index contributed by atoms with van der Waals surface area (Å²) in [4.78, 5) is 33.2. The third-order valence-corrected chi connectivity index (χ3v) is 14.2. The molecule has 0 saturated heterocycles. The highest BCUT2D eigenvalue weighted by Crippen LogP contribution is 2.51. The predicted octanol–water partition coefficient (Wildman–Crippen LogP) is 15.3. The van der Waals surface area contributed by atoms with Crippen molar-refractivity contribution in [2.75, 3.05) is 0 Å². The number of para-hydroxylation sites is 1. The minimum atomic E-state index is -0.736. The quantitative estimate of drug-likeness (QED) is 0.148. The first-order valence-corrected chi connectivity index (χ1v) is 24.2. The molecule has 0 spiro atoms. The summed E-state index contributed by atoms with van der Waals surface area (Å²) in [5, 5.41) is 0. The van der Waals surface area contributed by atoms with E-state index >= 15 is 0 Å². The topological polar surface area (TPSA) is 95.8 Å². The van der Waals surface area contributed by atoms with Gasteiger partial charge >= 0.3 is 0 Å². The average Bonchev–Trinajstić information content (AvgIpc) is 3.45. The molecule has 2 aromatic heterocycles. The predicted molar refractivity (Wildman–Crippen MR) is 281 cm³/mol. The Morgan fingerprint density at radius 2 is 0.789 bits per heavy atom. The Balaban J connectivity index is 1.01. The molecule has 13 rings (SSSR count). The molecule has 0 amide bonds. The molecule has 1 atom stereocenters. The van der Waals surface area contributed by atoms with Gasteiger partial charge in [-0.25, -0.2) is 29.9 Å². The van der Waals surface area contributed by atoms with Crippen LogP contribution in [0.2, 0.25) is 0 Å². The lowest BCUT2D eigenvalue weighted by atomic mass is 9.80. The number of rotatable bonds is 8. The summed E-state index contributed by atoms with van der Waals surface area (Å²) < 4.78 is 13.6. The molecule has 11 aromatic rings. The second kappa shape index (κ2) is 17.5. The van der Waals surface area contributed by atoms with Crippen molar-refractivity contribution < 1.29 is 9.47 Å². The fourth-order valence-electron chi connectivity index (χ4n) is 9.44. The van der Waals surface area contributed by atoms with Crippen LogP contribution in [0.4, 0.5) is 0 Å². The van der Waals surface area contributed by atoms with E-state index in [1.165, 1.54) is 0 Å². The van der Waals surface area contributed by atoms with E-state index in [9.17, 15) is 0 Å². The van der Waals surface area contributed by atoms with E-state index in [-0.39, 0.29) is 0 Å². The molecule has 4 heterocycles. The molecule has 9 heteroatoms. The Bertz CT molecular complexity index is 3760. The van der Waals surface area contributed by atoms with Gasteiger partial charge in [-0.05, 0) is 71.6 Å². The first kappa shape index (κ1) is 42.1. The van der Waals surface area contributed by atoms with E-state index in [0.29, 0.717) is 34.9 Å². The van der Waals surface area contributed by atoms with E-state index in [2.05, 4.69) is 104 Å². The Morgan fingerprint density at radius 3 is 1.44 bits per heavy atom. The Labute approximate surface area is 414 Å². The summed E-state index contributed by atoms with van der Waals surface area (Å²) in [7, 11) is 0. The van der Waals surface area contributed by atoms with Gasteiger partial charge in [0.05, 0.1) is 9.79 Å². The monoisotopic (exact) mass is 932 g/mol. The number of benzene rings is 9. The van der Waals surface area contributed by atoms with Gasteiger partial charge in [-0.1, -0.05) is 194 Å². The summed E-state index contributed by atoms with van der Waals surface area (Å²) in [6.45, 7) is 2.15. The highest BCUT2D eigenvalue weighted by Gasteiger charge is 2.38. The first-order valence-electron chi connectivity index (χ1n) is 23.4. The van der Waals surface area contributed by atoms with Crippen molar-refractivity contribution in [3.63, 3.8) is 0 Å². The zero-order valence-electron chi connectivity index (χ0n) is 38.3. The van der Waals surface area contributed by atoms with Gasteiger partial charge in [0.25, 0.3) is 0 Å². The van der Waals surface area contributed by atoms with Crippen molar-refractivity contribution in [1.82, 2.24) is 29.9 Å². The molecule has 9 aromatic carbocycles. The SMILES string of the molecule is CC1(c2ccccc2)Oc2cc(-c3ccc(-c4nc(-c5ccccc5)nc(-c5ccc6c(c5)Oc5ccccc5S6)n4)cc3-c3nc(-c4ccccc4)nc(-c4ccccc4)n3)ccc2-c2ccccc21. The molecule has 336 valence electrons. The Kier molecular flexibility index (Phi) is 10.4. The van der Waals surface area contributed by atoms with Crippen molar-refractivity contribution >= 4 is 11.8 Å². The van der Waals surface area contributed by atoms with Crippen molar-refractivity contribution in [2.24, 2.45) is 0 Å². The molecule has 8 nitrogen and oxygen atoms in total. The zero-order chi connectivity index (χ0) is 47.3. The van der Waals surface area contributed by atoms with Crippen LogP contribution < -0.4 is 9.47 Å². The number of aromatic nitrogens is 6. The summed E-state index contributed by atoms with van der Waals surface area (Å²) in [6.07, 6.45) is 0. The van der Waals surface area contributed by atoms with Crippen LogP contribution in [0.25, 0.3) is 90.6 Å². The fourth-order valence-corrected chi connectivity index (χ4v) is 10.4. The van der Waals surface area contributed by atoms with Gasteiger partial charge in [0, 0.05) is 44.5 Å². The van der Waals surface area contributed by atoms with E-state index in [4.69, 9.17) is 39.4 Å². The molecule has 0 bridgehead atoms. The molecule has 0 aliphatic carbocycles. The van der Waals surface area contributed by atoms with Gasteiger partial charge in [-0.15, -0.1) is 0 Å². The van der Waals surface area contributed by atoms with E-state index < -0.39 is 5.60 Å². The van der Waals surface area contributed by atoms with Crippen molar-refractivity contribution in [3.8, 4) is 108 Å². The number of hydrogen-bond acceptors (Lipinski definition) is 9. The molecule has 0 radical (unpaired) electrons. The maximum absolute atomic E-state index is 7.17. The second-order valence-corrected chi connectivity index (χ2v) is 18.6. The molecule has 0 saturated carbocycles. The lowest BCUT2D eigenvalue weighted by molar-refractivity contribution is 0.129. The van der Waals surface area contributed by atoms with Gasteiger partial charge in [0.2, 0.25) is 0 Å². The van der Waals surface area contributed by atoms with Crippen molar-refractivity contribution in [2.45, 2.75) is 22.3 Å². The van der Waals surface area contributed by atoms with Gasteiger partial charge < -0.3 is 9.47 Å². The highest BCUT2D eigenvalue weighted by atomic mass is 32.2. The summed E-state index contributed by atoms with van der Waals surface area (Å²) in [5.41, 5.74) is 10.4. The van der Waals surface area contributed by atoms with E-state index in [1.54, 1.807) is 11.8 Å². The largest absolute Gasteiger partial charge is 0.477 e. The zero-order valence-corrected chi connectivity index (χ0v) is 39.1. The van der Waals surface area contributed by atoms with Crippen LogP contribution in [-0.2, 0) is 5.60 Å². The second-order valence-electron chi connectivity index (χ2n) is 17.5. The third kappa shape index (κ3) is 7.78. The van der Waals surface area contributed by atoms with Crippen LogP contribution in [0.1, 0.15) is 18.1 Å². The molecular weight excluding hydrogens is 893 g/mol. The van der Waals surface area contributed by atoms with Gasteiger partial charge in [0.15, 0.2) is 40.5 Å². The standard InChI is InChI=1S/C62H40N6O2S/c1-62(45-24-12-5-13-25-45)50-27-15-14-26-47(50)48-34-30-42(37-52(48)70-62)46-33-31-43(36-49(46)61-67-57(40-20-8-3-9-21-40)63-58(68-61)41-22-10-4-11-23-41)59-64-56(39-18-6-2-7-19-39)65-60(66-59)44-32-35-55-53(38-44)69-51-28-16-17-29-54(51)71-55/h2-38H,1H3. The van der Waals surface area contributed by atoms with Gasteiger partial charge in [-0.2, -0.15) is 0 Å². The van der Waals surface area contributed by atoms with Gasteiger partial charge in [-0.3, -0.25) is 0 Å². The number of ether oxygens (including phenoxy) is 2. The molecule has 0 N–H and O–H groups in total. The van der Waals surface area contributed by atoms with Crippen LogP contribution in [0.5, 0.6) is 17.2 Å². The molecule has 2 aliphatic heterocycles. The van der Waals surface area contributed by atoms with Crippen LogP contribution in [0.15, 0.2) is 234 Å². The van der Waals surface area contributed by atoms with Crippen LogP contribution in [0, 0.1) is 0 Å². The minimum absolute atomic E-state index is 0.490. The number of hydrogen-bond donors (Lipinski definition) is 0.